The summed E-state index contributed by atoms with van der Waals surface area (Å²) in [5.74, 6) is -1.24. The number of aliphatic hydroxyl groups excluding tert-OH is 5. The number of carbonyl (C=O) groups excluding carboxylic acids is 2. The number of unbranched alkanes of at least 4 members (excludes halogenated alkanes) is 29. The maximum Gasteiger partial charge on any atom is 0.306 e. The number of rotatable bonds is 61. The van der Waals surface area contributed by atoms with E-state index in [1.165, 1.54) is 148 Å². The molecule has 0 aromatic rings. The van der Waals surface area contributed by atoms with Gasteiger partial charge >= 0.3 is 5.97 Å². The zero-order valence-electron chi connectivity index (χ0n) is 56.8. The Bertz CT molecular complexity index is 1920. The Morgan fingerprint density at radius 1 is 0.449 bits per heavy atom. The van der Waals surface area contributed by atoms with Crippen LogP contribution in [-0.2, 0) is 23.8 Å². The highest BCUT2D eigenvalue weighted by molar-refractivity contribution is 5.80. The van der Waals surface area contributed by atoms with E-state index in [0.717, 1.165) is 96.3 Å². The molecule has 0 aromatic carbocycles. The number of carbonyl (C=O) groups is 2. The lowest BCUT2D eigenvalue weighted by molar-refractivity contribution is -0.305. The second-order valence-corrected chi connectivity index (χ2v) is 24.6. The lowest BCUT2D eigenvalue weighted by Crippen LogP contribution is -2.61. The second kappa shape index (κ2) is 64.2. The minimum absolute atomic E-state index is 0.112. The van der Waals surface area contributed by atoms with Crippen LogP contribution in [0, 0.1) is 0 Å². The van der Waals surface area contributed by atoms with Crippen molar-refractivity contribution in [2.75, 3.05) is 13.2 Å². The standard InChI is InChI=1S/C78H133NO10/c1-4-7-10-13-16-19-22-25-27-29-31-33-34-35-36-37-38-39-41-43-45-48-51-54-57-60-63-66-73(83)89-76-75(85)74(84)72(67-80)88-78(76)87-68-69(70(81)64-61-58-55-52-49-46-24-21-18-15-12-9-6-3)79-77(86)71(82)65-62-59-56-53-50-47-44-42-40-32-30-28-26-23-20-17-14-11-8-5-2/h8,11,16-17,19-20,25-28,31-33,40,44,47,53,56,61,64,69-72,74-76,78,80-82,84-85H,4-7,9-10,12-15,18,21-24,29-30,34-39,41-43,45-46,48-52,54-55,57-60,62-63,65-68H2,1-3H3,(H,79,86)/b11-8-,19-16-,20-17-,27-25-,28-26-,33-31-,40-32-,47-44-,56-53-,64-61+. The first-order valence-electron chi connectivity index (χ1n) is 36.3. The fraction of sp³-hybridized carbons (Fsp3) is 0.718. The number of esters is 1. The van der Waals surface area contributed by atoms with Crippen molar-refractivity contribution >= 4 is 11.9 Å². The number of nitrogens with one attached hydrogen (secondary N) is 1. The summed E-state index contributed by atoms with van der Waals surface area (Å²) in [5.41, 5.74) is 0. The number of allylic oxidation sites excluding steroid dienone is 19. The Balaban J connectivity index is 2.60. The van der Waals surface area contributed by atoms with Crippen molar-refractivity contribution in [2.45, 2.75) is 346 Å². The van der Waals surface area contributed by atoms with Gasteiger partial charge in [0.05, 0.1) is 25.4 Å². The molecule has 0 aromatic heterocycles. The molecule has 89 heavy (non-hydrogen) atoms. The van der Waals surface area contributed by atoms with Gasteiger partial charge in [-0.15, -0.1) is 0 Å². The predicted molar refractivity (Wildman–Crippen MR) is 374 cm³/mol. The highest BCUT2D eigenvalue weighted by atomic mass is 16.7. The van der Waals surface area contributed by atoms with Crippen molar-refractivity contribution in [3.8, 4) is 0 Å². The van der Waals surface area contributed by atoms with Crippen molar-refractivity contribution in [1.82, 2.24) is 5.32 Å². The summed E-state index contributed by atoms with van der Waals surface area (Å²) in [6, 6.07) is -1.06. The molecule has 8 atom stereocenters. The first-order chi connectivity index (χ1) is 43.7. The monoisotopic (exact) mass is 1240 g/mol. The van der Waals surface area contributed by atoms with Crippen LogP contribution in [0.15, 0.2) is 122 Å². The van der Waals surface area contributed by atoms with E-state index in [4.69, 9.17) is 14.2 Å². The Kier molecular flexibility index (Phi) is 59.9. The molecular formula is C78H133NO10. The van der Waals surface area contributed by atoms with Crippen molar-refractivity contribution in [3.05, 3.63) is 122 Å². The Morgan fingerprint density at radius 3 is 1.24 bits per heavy atom. The summed E-state index contributed by atoms with van der Waals surface area (Å²) >= 11 is 0. The van der Waals surface area contributed by atoms with Gasteiger partial charge in [-0.3, -0.25) is 9.59 Å². The minimum atomic E-state index is -1.63. The second-order valence-electron chi connectivity index (χ2n) is 24.6. The number of hydrogen-bond acceptors (Lipinski definition) is 10. The van der Waals surface area contributed by atoms with Gasteiger partial charge in [0.1, 0.15) is 24.4 Å². The van der Waals surface area contributed by atoms with Crippen LogP contribution in [0.2, 0.25) is 0 Å². The molecule has 0 bridgehead atoms. The molecule has 1 aliphatic heterocycles. The lowest BCUT2D eigenvalue weighted by Gasteiger charge is -2.41. The summed E-state index contributed by atoms with van der Waals surface area (Å²) in [6.45, 7) is 5.64. The smallest absolute Gasteiger partial charge is 0.306 e. The average Bonchev–Trinajstić information content (AvgIpc) is 3.14. The molecule has 1 rings (SSSR count). The average molecular weight is 1240 g/mol. The first kappa shape index (κ1) is 83.1. The fourth-order valence-electron chi connectivity index (χ4n) is 10.7. The van der Waals surface area contributed by atoms with Gasteiger partial charge < -0.3 is 45.1 Å². The van der Waals surface area contributed by atoms with E-state index in [2.05, 4.69) is 129 Å². The largest absolute Gasteiger partial charge is 0.454 e. The number of amides is 1. The molecule has 0 aliphatic carbocycles. The van der Waals surface area contributed by atoms with Crippen LogP contribution in [0.5, 0.6) is 0 Å². The molecule has 1 heterocycles. The molecule has 8 unspecified atom stereocenters. The summed E-state index contributed by atoms with van der Waals surface area (Å²) < 4.78 is 17.7. The van der Waals surface area contributed by atoms with Crippen molar-refractivity contribution in [1.29, 1.82) is 0 Å². The van der Waals surface area contributed by atoms with Crippen molar-refractivity contribution < 1.29 is 49.3 Å². The van der Waals surface area contributed by atoms with Gasteiger partial charge in [-0.1, -0.05) is 296 Å². The fourth-order valence-corrected chi connectivity index (χ4v) is 10.7. The van der Waals surface area contributed by atoms with E-state index in [0.29, 0.717) is 19.3 Å². The Morgan fingerprint density at radius 2 is 0.809 bits per heavy atom. The maximum absolute atomic E-state index is 13.5. The zero-order chi connectivity index (χ0) is 64.6. The highest BCUT2D eigenvalue weighted by Gasteiger charge is 2.47. The van der Waals surface area contributed by atoms with Crippen LogP contribution in [0.25, 0.3) is 0 Å². The highest BCUT2D eigenvalue weighted by Crippen LogP contribution is 2.26. The number of hydrogen-bond donors (Lipinski definition) is 6. The molecule has 0 radical (unpaired) electrons. The third kappa shape index (κ3) is 51.3. The molecule has 0 spiro atoms. The molecule has 6 N–H and O–H groups in total. The molecule has 510 valence electrons. The van der Waals surface area contributed by atoms with Crippen LogP contribution >= 0.6 is 0 Å². The van der Waals surface area contributed by atoms with E-state index in [-0.39, 0.29) is 19.4 Å². The Hall–Kier alpha value is -3.94. The third-order valence-corrected chi connectivity index (χ3v) is 16.3. The summed E-state index contributed by atoms with van der Waals surface area (Å²) in [5, 5.41) is 57.2. The molecule has 1 aliphatic rings. The normalized spacial score (nSPS) is 18.9. The maximum atomic E-state index is 13.5. The summed E-state index contributed by atoms with van der Waals surface area (Å²) in [4.78, 5) is 26.7. The van der Waals surface area contributed by atoms with Gasteiger partial charge in [0.25, 0.3) is 0 Å². The van der Waals surface area contributed by atoms with E-state index >= 15 is 0 Å². The number of ether oxygens (including phenoxy) is 3. The van der Waals surface area contributed by atoms with E-state index in [9.17, 15) is 35.1 Å². The lowest BCUT2D eigenvalue weighted by atomic mass is 9.99. The molecule has 11 nitrogen and oxygen atoms in total. The summed E-state index contributed by atoms with van der Waals surface area (Å²) in [6.07, 6.45) is 79.5. The molecular weight excluding hydrogens is 1110 g/mol. The topological polar surface area (TPSA) is 175 Å². The van der Waals surface area contributed by atoms with Gasteiger partial charge in [-0.05, 0) is 116 Å². The predicted octanol–water partition coefficient (Wildman–Crippen LogP) is 19.0. The van der Waals surface area contributed by atoms with Crippen molar-refractivity contribution in [2.24, 2.45) is 0 Å². The van der Waals surface area contributed by atoms with Crippen molar-refractivity contribution in [3.63, 3.8) is 0 Å². The molecule has 1 fully saturated rings. The number of aliphatic hydroxyl groups is 5. The Labute approximate surface area is 544 Å². The van der Waals surface area contributed by atoms with Crippen LogP contribution < -0.4 is 5.32 Å². The van der Waals surface area contributed by atoms with Gasteiger partial charge in [-0.25, -0.2) is 0 Å². The van der Waals surface area contributed by atoms with Gasteiger partial charge in [0, 0.05) is 6.42 Å². The summed E-state index contributed by atoms with van der Waals surface area (Å²) in [7, 11) is 0. The first-order valence-corrected chi connectivity index (χ1v) is 36.3. The van der Waals surface area contributed by atoms with Gasteiger partial charge in [-0.2, -0.15) is 0 Å². The molecule has 11 heteroatoms. The van der Waals surface area contributed by atoms with E-state index in [1.807, 2.05) is 12.2 Å². The van der Waals surface area contributed by atoms with Gasteiger partial charge in [0.15, 0.2) is 12.4 Å². The van der Waals surface area contributed by atoms with Gasteiger partial charge in [0.2, 0.25) is 5.91 Å². The van der Waals surface area contributed by atoms with Crippen LogP contribution in [0.1, 0.15) is 297 Å². The quantitative estimate of drug-likeness (QED) is 0.0195. The third-order valence-electron chi connectivity index (χ3n) is 16.3. The molecule has 0 saturated carbocycles. The molecule has 1 amide bonds. The van der Waals surface area contributed by atoms with E-state index < -0.39 is 67.4 Å². The van der Waals surface area contributed by atoms with Crippen LogP contribution in [0.3, 0.4) is 0 Å². The SMILES string of the molecule is CC/C=C\C/C=C\C/C=C\C/C=C\C/C=C\C/C=C\CCCC(O)C(=O)NC(COC1OC(CO)C(O)C(O)C1OC(=O)CCCCCCCCCCCCCCCC/C=C\C/C=C\C/C=C\CCCCC)C(O)/C=C/CCCCCCCCCCCCC. The van der Waals surface area contributed by atoms with E-state index in [1.54, 1.807) is 6.08 Å². The minimum Gasteiger partial charge on any atom is -0.454 e. The van der Waals surface area contributed by atoms with Crippen LogP contribution in [-0.4, -0.2) is 99.6 Å². The zero-order valence-corrected chi connectivity index (χ0v) is 56.8. The molecule has 1 saturated heterocycles. The van der Waals surface area contributed by atoms with Crippen LogP contribution in [0.4, 0.5) is 0 Å².